The Kier molecular flexibility index (Phi) is 8.91. The first kappa shape index (κ1) is 19.9. The van der Waals surface area contributed by atoms with Gasteiger partial charge in [0.05, 0.1) is 0 Å². The summed E-state index contributed by atoms with van der Waals surface area (Å²) in [6, 6.07) is 7.40. The number of nitrogens with one attached hydrogen (secondary N) is 2. The Morgan fingerprint density at radius 3 is 2.36 bits per heavy atom. The Hall–Kier alpha value is -0.160. The number of halogens is 4. The molecule has 0 saturated carbocycles. The Labute approximate surface area is 155 Å². The highest BCUT2D eigenvalue weighted by atomic mass is 79.9. The third-order valence-corrected chi connectivity index (χ3v) is 4.23. The molecule has 3 nitrogen and oxygen atoms in total. The number of amides is 1. The van der Waals surface area contributed by atoms with E-state index >= 15 is 0 Å². The topological polar surface area (TPSA) is 41.1 Å². The second kappa shape index (κ2) is 9.86. The zero-order valence-corrected chi connectivity index (χ0v) is 16.2. The largest absolute Gasteiger partial charge is 0.362 e. The molecule has 22 heavy (non-hydrogen) atoms. The van der Waals surface area contributed by atoms with Crippen molar-refractivity contribution in [2.45, 2.75) is 49.0 Å². The van der Waals surface area contributed by atoms with Crippen LogP contribution in [0.1, 0.15) is 39.0 Å². The van der Waals surface area contributed by atoms with Crippen molar-refractivity contribution in [3.05, 3.63) is 28.7 Å². The maximum atomic E-state index is 12.0. The summed E-state index contributed by atoms with van der Waals surface area (Å²) in [6.45, 7) is 2.13. The standard InChI is InChI=1S/C15H20BrCl3N2O/c1-2-3-4-5-6-13(22)21-14(15(17,18)19)20-12-9-7-11(16)8-10-12/h7-10,14,20H,2-6H2,1H3,(H,21,22). The maximum absolute atomic E-state index is 12.0. The summed E-state index contributed by atoms with van der Waals surface area (Å²) < 4.78 is -0.699. The van der Waals surface area contributed by atoms with Crippen molar-refractivity contribution in [2.24, 2.45) is 0 Å². The minimum Gasteiger partial charge on any atom is -0.362 e. The third kappa shape index (κ3) is 7.91. The van der Waals surface area contributed by atoms with Crippen LogP contribution in [0.2, 0.25) is 0 Å². The van der Waals surface area contributed by atoms with E-state index in [0.29, 0.717) is 6.42 Å². The lowest BCUT2D eigenvalue weighted by molar-refractivity contribution is -0.121. The first-order chi connectivity index (χ1) is 10.3. The number of anilines is 1. The smallest absolute Gasteiger partial charge is 0.228 e. The van der Waals surface area contributed by atoms with E-state index in [2.05, 4.69) is 33.5 Å². The second-order valence-corrected chi connectivity index (χ2v) is 8.29. The predicted octanol–water partition coefficient (Wildman–Crippen LogP) is 5.64. The van der Waals surface area contributed by atoms with Crippen LogP contribution in [0.15, 0.2) is 28.7 Å². The van der Waals surface area contributed by atoms with E-state index in [9.17, 15) is 4.79 Å². The molecule has 1 rings (SSSR count). The van der Waals surface area contributed by atoms with E-state index in [4.69, 9.17) is 34.8 Å². The number of unbranched alkanes of at least 4 members (excludes halogenated alkanes) is 3. The van der Waals surface area contributed by atoms with Gasteiger partial charge < -0.3 is 10.6 Å². The van der Waals surface area contributed by atoms with Gasteiger partial charge in [-0.15, -0.1) is 0 Å². The van der Waals surface area contributed by atoms with Gasteiger partial charge in [-0.25, -0.2) is 0 Å². The molecule has 0 aliphatic heterocycles. The molecule has 0 aromatic heterocycles. The van der Waals surface area contributed by atoms with Crippen LogP contribution in [0.3, 0.4) is 0 Å². The van der Waals surface area contributed by atoms with Crippen molar-refractivity contribution in [3.8, 4) is 0 Å². The van der Waals surface area contributed by atoms with Gasteiger partial charge >= 0.3 is 0 Å². The van der Waals surface area contributed by atoms with Gasteiger partial charge in [0.25, 0.3) is 0 Å². The molecule has 0 spiro atoms. The number of hydrogen-bond acceptors (Lipinski definition) is 2. The maximum Gasteiger partial charge on any atom is 0.228 e. The van der Waals surface area contributed by atoms with Gasteiger partial charge in [0.1, 0.15) is 6.17 Å². The van der Waals surface area contributed by atoms with Crippen LogP contribution in [0.4, 0.5) is 5.69 Å². The van der Waals surface area contributed by atoms with E-state index in [1.165, 1.54) is 0 Å². The lowest BCUT2D eigenvalue weighted by atomic mass is 10.1. The van der Waals surface area contributed by atoms with Gasteiger partial charge in [-0.3, -0.25) is 4.79 Å². The van der Waals surface area contributed by atoms with Crippen LogP contribution in [0.5, 0.6) is 0 Å². The van der Waals surface area contributed by atoms with E-state index in [1.54, 1.807) is 0 Å². The second-order valence-electron chi connectivity index (χ2n) is 5.00. The van der Waals surface area contributed by atoms with Crippen molar-refractivity contribution >= 4 is 62.3 Å². The molecule has 1 aromatic rings. The minimum atomic E-state index is -1.65. The molecule has 1 amide bonds. The quantitative estimate of drug-likeness (QED) is 0.318. The monoisotopic (exact) mass is 428 g/mol. The summed E-state index contributed by atoms with van der Waals surface area (Å²) in [7, 11) is 0. The molecule has 124 valence electrons. The molecule has 0 aliphatic rings. The van der Waals surface area contributed by atoms with Gasteiger partial charge in [0, 0.05) is 16.6 Å². The number of hydrogen-bond donors (Lipinski definition) is 2. The van der Waals surface area contributed by atoms with Crippen LogP contribution in [0, 0.1) is 0 Å². The molecule has 0 aliphatic carbocycles. The van der Waals surface area contributed by atoms with Gasteiger partial charge in [-0.2, -0.15) is 0 Å². The highest BCUT2D eigenvalue weighted by Gasteiger charge is 2.33. The molecule has 0 radical (unpaired) electrons. The molecule has 0 heterocycles. The number of carbonyl (C=O) groups excluding carboxylic acids is 1. The molecule has 0 bridgehead atoms. The van der Waals surface area contributed by atoms with Crippen molar-refractivity contribution in [3.63, 3.8) is 0 Å². The highest BCUT2D eigenvalue weighted by molar-refractivity contribution is 9.10. The first-order valence-corrected chi connectivity index (χ1v) is 9.13. The zero-order valence-electron chi connectivity index (χ0n) is 12.3. The van der Waals surface area contributed by atoms with Gasteiger partial charge in [0.2, 0.25) is 9.70 Å². The normalized spacial score (nSPS) is 12.8. The van der Waals surface area contributed by atoms with E-state index in [-0.39, 0.29) is 5.91 Å². The Balaban J connectivity index is 2.57. The summed E-state index contributed by atoms with van der Waals surface area (Å²) in [5.74, 6) is -0.128. The van der Waals surface area contributed by atoms with Gasteiger partial charge in [-0.1, -0.05) is 76.9 Å². The average Bonchev–Trinajstić information content (AvgIpc) is 2.44. The van der Waals surface area contributed by atoms with Crippen molar-refractivity contribution in [1.82, 2.24) is 5.32 Å². The fourth-order valence-electron chi connectivity index (χ4n) is 1.86. The summed E-state index contributed by atoms with van der Waals surface area (Å²) in [5, 5.41) is 5.77. The van der Waals surface area contributed by atoms with Crippen LogP contribution in [0.25, 0.3) is 0 Å². The molecule has 7 heteroatoms. The summed E-state index contributed by atoms with van der Waals surface area (Å²) in [5.41, 5.74) is 0.755. The lowest BCUT2D eigenvalue weighted by Gasteiger charge is -2.27. The van der Waals surface area contributed by atoms with Crippen molar-refractivity contribution in [1.29, 1.82) is 0 Å². The fourth-order valence-corrected chi connectivity index (χ4v) is 2.45. The molecular formula is C15H20BrCl3N2O. The molecular weight excluding hydrogens is 410 g/mol. The highest BCUT2D eigenvalue weighted by Crippen LogP contribution is 2.31. The van der Waals surface area contributed by atoms with Crippen molar-refractivity contribution < 1.29 is 4.79 Å². The average molecular weight is 431 g/mol. The number of benzene rings is 1. The molecule has 0 saturated heterocycles. The van der Waals surface area contributed by atoms with Crippen LogP contribution in [-0.4, -0.2) is 15.9 Å². The zero-order chi connectivity index (χ0) is 16.6. The van der Waals surface area contributed by atoms with Crippen LogP contribution < -0.4 is 10.6 Å². The third-order valence-electron chi connectivity index (χ3n) is 3.05. The van der Waals surface area contributed by atoms with Gasteiger partial charge in [-0.05, 0) is 30.7 Å². The van der Waals surface area contributed by atoms with E-state index in [1.807, 2.05) is 24.3 Å². The van der Waals surface area contributed by atoms with E-state index in [0.717, 1.165) is 35.8 Å². The van der Waals surface area contributed by atoms with E-state index < -0.39 is 9.96 Å². The molecule has 2 N–H and O–H groups in total. The summed E-state index contributed by atoms with van der Waals surface area (Å²) in [6.07, 6.45) is 3.76. The SMILES string of the molecule is CCCCCCC(=O)NC(Nc1ccc(Br)cc1)C(Cl)(Cl)Cl. The molecule has 1 unspecified atom stereocenters. The summed E-state index contributed by atoms with van der Waals surface area (Å²) >= 11 is 21.2. The molecule has 0 fully saturated rings. The van der Waals surface area contributed by atoms with Gasteiger partial charge in [0.15, 0.2) is 0 Å². The number of alkyl halides is 3. The predicted molar refractivity (Wildman–Crippen MR) is 98.7 cm³/mol. The fraction of sp³-hybridized carbons (Fsp3) is 0.533. The van der Waals surface area contributed by atoms with Crippen molar-refractivity contribution in [2.75, 3.05) is 5.32 Å². The van der Waals surface area contributed by atoms with Crippen LogP contribution in [-0.2, 0) is 4.79 Å². The number of rotatable bonds is 8. The summed E-state index contributed by atoms with van der Waals surface area (Å²) in [4.78, 5) is 12.0. The first-order valence-electron chi connectivity index (χ1n) is 7.21. The minimum absolute atomic E-state index is 0.128. The molecule has 1 aromatic carbocycles. The molecule has 1 atom stereocenters. The van der Waals surface area contributed by atoms with Crippen LogP contribution >= 0.6 is 50.7 Å². The number of carbonyl (C=O) groups is 1. The Morgan fingerprint density at radius 2 is 1.82 bits per heavy atom. The lowest BCUT2D eigenvalue weighted by Crippen LogP contribution is -2.49. The Morgan fingerprint density at radius 1 is 1.18 bits per heavy atom. The Bertz CT molecular complexity index is 463.